The van der Waals surface area contributed by atoms with E-state index < -0.39 is 17.7 Å². The van der Waals surface area contributed by atoms with Gasteiger partial charge in [0.05, 0.1) is 18.9 Å². The van der Waals surface area contributed by atoms with Crippen molar-refractivity contribution < 1.29 is 18.6 Å². The molecular weight excluding hydrogens is 292 g/mol. The Morgan fingerprint density at radius 3 is 2.55 bits per heavy atom. The van der Waals surface area contributed by atoms with Gasteiger partial charge in [-0.3, -0.25) is 4.90 Å². The molecule has 2 rings (SSSR count). The van der Waals surface area contributed by atoms with Crippen LogP contribution in [0, 0.1) is 11.6 Å². The Hall–Kier alpha value is -1.44. The van der Waals surface area contributed by atoms with Crippen LogP contribution in [-0.2, 0) is 0 Å². The number of piperazine rings is 1. The maximum atomic E-state index is 13.8. The number of halogens is 2. The normalized spacial score (nSPS) is 17.6. The van der Waals surface area contributed by atoms with Crippen LogP contribution in [0.4, 0.5) is 14.5 Å². The number of anilines is 1. The number of methoxy groups -OCH3 is 1. The van der Waals surface area contributed by atoms with Crippen molar-refractivity contribution in [2.45, 2.75) is 12.5 Å². The zero-order chi connectivity index (χ0) is 16.1. The van der Waals surface area contributed by atoms with E-state index >= 15 is 0 Å². The second-order valence-electron chi connectivity index (χ2n) is 5.46. The SMILES string of the molecule is COc1c(F)cc(F)cc1N1CCN(C[C@H](O)CCN)CC1. The van der Waals surface area contributed by atoms with Crippen LogP contribution in [0.5, 0.6) is 5.75 Å². The van der Waals surface area contributed by atoms with E-state index in [9.17, 15) is 13.9 Å². The van der Waals surface area contributed by atoms with E-state index in [1.54, 1.807) is 0 Å². The summed E-state index contributed by atoms with van der Waals surface area (Å²) >= 11 is 0. The molecule has 0 unspecified atom stereocenters. The molecule has 0 saturated carbocycles. The number of aliphatic hydroxyl groups is 1. The van der Waals surface area contributed by atoms with E-state index in [4.69, 9.17) is 10.5 Å². The van der Waals surface area contributed by atoms with Crippen LogP contribution in [0.3, 0.4) is 0 Å². The van der Waals surface area contributed by atoms with Crippen LogP contribution in [0.1, 0.15) is 6.42 Å². The lowest BCUT2D eigenvalue weighted by Gasteiger charge is -2.37. The first-order valence-corrected chi connectivity index (χ1v) is 7.43. The van der Waals surface area contributed by atoms with Gasteiger partial charge in [-0.05, 0) is 13.0 Å². The van der Waals surface area contributed by atoms with Gasteiger partial charge < -0.3 is 20.5 Å². The quantitative estimate of drug-likeness (QED) is 0.813. The van der Waals surface area contributed by atoms with Crippen LogP contribution in [0.2, 0.25) is 0 Å². The highest BCUT2D eigenvalue weighted by atomic mass is 19.1. The fraction of sp³-hybridized carbons (Fsp3) is 0.600. The maximum Gasteiger partial charge on any atom is 0.178 e. The van der Waals surface area contributed by atoms with Gasteiger partial charge in [-0.25, -0.2) is 8.78 Å². The second kappa shape index (κ2) is 7.71. The first kappa shape index (κ1) is 16.9. The Morgan fingerprint density at radius 2 is 1.95 bits per heavy atom. The third-order valence-corrected chi connectivity index (χ3v) is 3.87. The number of benzene rings is 1. The molecule has 1 atom stereocenters. The molecule has 124 valence electrons. The standard InChI is InChI=1S/C15H23F2N3O2/c1-22-15-13(17)8-11(16)9-14(15)20-6-4-19(5-7-20)10-12(21)2-3-18/h8-9,12,21H,2-7,10,18H2,1H3/t12-/m1/s1. The van der Waals surface area contributed by atoms with Gasteiger partial charge in [0.2, 0.25) is 0 Å². The summed E-state index contributed by atoms with van der Waals surface area (Å²) in [6.45, 7) is 3.69. The Kier molecular flexibility index (Phi) is 5.93. The van der Waals surface area contributed by atoms with Crippen molar-refractivity contribution in [3.05, 3.63) is 23.8 Å². The fourth-order valence-corrected chi connectivity index (χ4v) is 2.74. The van der Waals surface area contributed by atoms with Crippen LogP contribution >= 0.6 is 0 Å². The summed E-state index contributed by atoms with van der Waals surface area (Å²) in [5.74, 6) is -1.24. The largest absolute Gasteiger partial charge is 0.492 e. The molecule has 1 aromatic rings. The van der Waals surface area contributed by atoms with E-state index in [1.165, 1.54) is 13.2 Å². The highest BCUT2D eigenvalue weighted by molar-refractivity contribution is 5.59. The number of aliphatic hydroxyl groups excluding tert-OH is 1. The molecule has 0 amide bonds. The highest BCUT2D eigenvalue weighted by Gasteiger charge is 2.23. The number of hydrogen-bond donors (Lipinski definition) is 2. The summed E-state index contributed by atoms with van der Waals surface area (Å²) in [5, 5.41) is 9.78. The Balaban J connectivity index is 2.00. The van der Waals surface area contributed by atoms with Gasteiger partial charge in [0.25, 0.3) is 0 Å². The number of nitrogens with two attached hydrogens (primary N) is 1. The van der Waals surface area contributed by atoms with Crippen molar-refractivity contribution in [3.63, 3.8) is 0 Å². The molecule has 7 heteroatoms. The van der Waals surface area contributed by atoms with Crippen molar-refractivity contribution in [1.29, 1.82) is 0 Å². The minimum absolute atomic E-state index is 0.0676. The molecule has 0 radical (unpaired) electrons. The van der Waals surface area contributed by atoms with Gasteiger partial charge >= 0.3 is 0 Å². The van der Waals surface area contributed by atoms with Gasteiger partial charge in [0.15, 0.2) is 11.6 Å². The zero-order valence-corrected chi connectivity index (χ0v) is 12.8. The Labute approximate surface area is 129 Å². The number of β-amino-alcohol motifs (C(OH)–C–C–N with tert-alkyl or cyclic N) is 1. The third kappa shape index (κ3) is 4.06. The lowest BCUT2D eigenvalue weighted by Crippen LogP contribution is -2.49. The number of rotatable bonds is 6. The molecule has 0 bridgehead atoms. The number of hydrogen-bond acceptors (Lipinski definition) is 5. The smallest absolute Gasteiger partial charge is 0.178 e. The van der Waals surface area contributed by atoms with Crippen molar-refractivity contribution in [2.24, 2.45) is 5.73 Å². The summed E-state index contributed by atoms with van der Waals surface area (Å²) < 4.78 is 32.3. The predicted octanol–water partition coefficient (Wildman–Crippen LogP) is 0.805. The highest BCUT2D eigenvalue weighted by Crippen LogP contribution is 2.32. The molecule has 1 fully saturated rings. The average Bonchev–Trinajstić information content (AvgIpc) is 2.47. The second-order valence-corrected chi connectivity index (χ2v) is 5.46. The van der Waals surface area contributed by atoms with Crippen LogP contribution in [0.25, 0.3) is 0 Å². The van der Waals surface area contributed by atoms with Crippen LogP contribution in [-0.4, -0.2) is 62.5 Å². The van der Waals surface area contributed by atoms with E-state index in [1.807, 2.05) is 4.90 Å². The van der Waals surface area contributed by atoms with Gasteiger partial charge in [0, 0.05) is 44.9 Å². The summed E-state index contributed by atoms with van der Waals surface area (Å²) in [6.07, 6.45) is 0.140. The van der Waals surface area contributed by atoms with Crippen LogP contribution in [0.15, 0.2) is 12.1 Å². The van der Waals surface area contributed by atoms with Crippen LogP contribution < -0.4 is 15.4 Å². The Bertz CT molecular complexity index is 494. The monoisotopic (exact) mass is 315 g/mol. The molecule has 5 nitrogen and oxygen atoms in total. The van der Waals surface area contributed by atoms with Crippen molar-refractivity contribution in [2.75, 3.05) is 51.3 Å². The molecule has 1 aliphatic rings. The number of ether oxygens (including phenoxy) is 1. The minimum atomic E-state index is -0.696. The number of nitrogens with zero attached hydrogens (tertiary/aromatic N) is 2. The fourth-order valence-electron chi connectivity index (χ4n) is 2.74. The van der Waals surface area contributed by atoms with Gasteiger partial charge in [0.1, 0.15) is 5.82 Å². The maximum absolute atomic E-state index is 13.8. The molecule has 1 heterocycles. The molecule has 1 aliphatic heterocycles. The molecular formula is C15H23F2N3O2. The third-order valence-electron chi connectivity index (χ3n) is 3.87. The van der Waals surface area contributed by atoms with E-state index in [0.717, 1.165) is 6.07 Å². The molecule has 3 N–H and O–H groups in total. The molecule has 0 aliphatic carbocycles. The van der Waals surface area contributed by atoms with Crippen molar-refractivity contribution >= 4 is 5.69 Å². The van der Waals surface area contributed by atoms with E-state index in [0.29, 0.717) is 51.4 Å². The topological polar surface area (TPSA) is 62.0 Å². The minimum Gasteiger partial charge on any atom is -0.492 e. The van der Waals surface area contributed by atoms with E-state index in [-0.39, 0.29) is 5.75 Å². The molecule has 0 spiro atoms. The summed E-state index contributed by atoms with van der Waals surface area (Å²) in [4.78, 5) is 4.02. The first-order chi connectivity index (χ1) is 10.5. The Morgan fingerprint density at radius 1 is 1.27 bits per heavy atom. The molecule has 1 aromatic carbocycles. The lowest BCUT2D eigenvalue weighted by atomic mass is 10.2. The van der Waals surface area contributed by atoms with Gasteiger partial charge in [-0.1, -0.05) is 0 Å². The molecule has 0 aromatic heterocycles. The predicted molar refractivity (Wildman–Crippen MR) is 81.2 cm³/mol. The summed E-state index contributed by atoms with van der Waals surface area (Å²) in [5.41, 5.74) is 5.85. The first-order valence-electron chi connectivity index (χ1n) is 7.43. The zero-order valence-electron chi connectivity index (χ0n) is 12.8. The summed E-state index contributed by atoms with van der Waals surface area (Å²) in [7, 11) is 1.37. The van der Waals surface area contributed by atoms with Gasteiger partial charge in [-0.2, -0.15) is 0 Å². The van der Waals surface area contributed by atoms with Crippen molar-refractivity contribution in [1.82, 2.24) is 4.90 Å². The summed E-state index contributed by atoms with van der Waals surface area (Å²) in [6, 6.07) is 2.11. The lowest BCUT2D eigenvalue weighted by molar-refractivity contribution is 0.104. The molecule has 22 heavy (non-hydrogen) atoms. The molecule has 1 saturated heterocycles. The average molecular weight is 315 g/mol. The van der Waals surface area contributed by atoms with Crippen molar-refractivity contribution in [3.8, 4) is 5.75 Å². The van der Waals surface area contributed by atoms with Gasteiger partial charge in [-0.15, -0.1) is 0 Å². The van der Waals surface area contributed by atoms with E-state index in [2.05, 4.69) is 4.90 Å².